The second-order valence-electron chi connectivity index (χ2n) is 2.51. The Kier molecular flexibility index (Phi) is 4.42. The molecule has 0 unspecified atom stereocenters. The topological polar surface area (TPSA) is 35.5 Å². The van der Waals surface area contributed by atoms with Crippen molar-refractivity contribution in [2.75, 3.05) is 7.11 Å². The van der Waals surface area contributed by atoms with Crippen LogP contribution < -0.4 is 9.47 Å². The molecule has 0 aromatic heterocycles. The molecule has 0 N–H and O–H groups in total. The summed E-state index contributed by atoms with van der Waals surface area (Å²) in [6.45, 7) is 1.37. The summed E-state index contributed by atoms with van der Waals surface area (Å²) in [6, 6.07) is 3.74. The van der Waals surface area contributed by atoms with E-state index in [2.05, 4.69) is 45.2 Å². The van der Waals surface area contributed by atoms with Crippen molar-refractivity contribution < 1.29 is 14.3 Å². The van der Waals surface area contributed by atoms with Crippen LogP contribution >= 0.6 is 45.2 Å². The average Bonchev–Trinajstić information content (AvgIpc) is 2.08. The van der Waals surface area contributed by atoms with Gasteiger partial charge in [0.05, 0.1) is 10.7 Å². The van der Waals surface area contributed by atoms with E-state index in [1.54, 1.807) is 7.11 Å². The number of carbonyl (C=O) groups is 1. The second-order valence-corrected chi connectivity index (χ2v) is 4.92. The number of ether oxygens (including phenoxy) is 2. The van der Waals surface area contributed by atoms with Gasteiger partial charge < -0.3 is 9.47 Å². The number of halogens is 2. The first kappa shape index (κ1) is 12.0. The van der Waals surface area contributed by atoms with Gasteiger partial charge in [-0.1, -0.05) is 0 Å². The minimum Gasteiger partial charge on any atom is -0.493 e. The molecule has 0 fully saturated rings. The Morgan fingerprint density at radius 3 is 2.50 bits per heavy atom. The molecule has 1 aromatic carbocycles. The van der Waals surface area contributed by atoms with Crippen LogP contribution in [0.5, 0.6) is 11.5 Å². The highest BCUT2D eigenvalue weighted by Gasteiger charge is 2.12. The molecule has 0 atom stereocenters. The summed E-state index contributed by atoms with van der Waals surface area (Å²) in [6.07, 6.45) is 0. The zero-order chi connectivity index (χ0) is 10.7. The van der Waals surface area contributed by atoms with Crippen molar-refractivity contribution in [1.82, 2.24) is 0 Å². The Bertz CT molecular complexity index is 363. The highest BCUT2D eigenvalue weighted by atomic mass is 127. The van der Waals surface area contributed by atoms with Gasteiger partial charge in [0.1, 0.15) is 0 Å². The van der Waals surface area contributed by atoms with Crippen molar-refractivity contribution in [2.45, 2.75) is 6.92 Å². The molecule has 76 valence electrons. The normalized spacial score (nSPS) is 9.71. The number of benzene rings is 1. The van der Waals surface area contributed by atoms with Crippen LogP contribution in [0, 0.1) is 7.14 Å². The van der Waals surface area contributed by atoms with E-state index in [9.17, 15) is 4.79 Å². The van der Waals surface area contributed by atoms with Crippen LogP contribution in [0.2, 0.25) is 0 Å². The zero-order valence-corrected chi connectivity index (χ0v) is 12.0. The molecule has 0 spiro atoms. The molecule has 3 nitrogen and oxygen atoms in total. The van der Waals surface area contributed by atoms with Gasteiger partial charge in [0.2, 0.25) is 0 Å². The molecule has 14 heavy (non-hydrogen) atoms. The van der Waals surface area contributed by atoms with Gasteiger partial charge in [-0.3, -0.25) is 4.79 Å². The summed E-state index contributed by atoms with van der Waals surface area (Å²) in [5, 5.41) is 0. The number of carbonyl (C=O) groups excluding carboxylic acids is 1. The summed E-state index contributed by atoms with van der Waals surface area (Å²) in [5.74, 6) is 0.722. The van der Waals surface area contributed by atoms with Gasteiger partial charge in [-0.2, -0.15) is 0 Å². The smallest absolute Gasteiger partial charge is 0.308 e. The number of esters is 1. The molecule has 1 rings (SSSR count). The molecule has 1 aromatic rings. The van der Waals surface area contributed by atoms with E-state index >= 15 is 0 Å². The van der Waals surface area contributed by atoms with Crippen LogP contribution in [0.3, 0.4) is 0 Å². The van der Waals surface area contributed by atoms with Crippen LogP contribution in [-0.2, 0) is 4.79 Å². The molecule has 0 saturated heterocycles. The summed E-state index contributed by atoms with van der Waals surface area (Å²) in [7, 11) is 1.55. The monoisotopic (exact) mass is 418 g/mol. The predicted molar refractivity (Wildman–Crippen MR) is 69.7 cm³/mol. The third-order valence-corrected chi connectivity index (χ3v) is 2.86. The molecule has 0 aliphatic heterocycles. The molecule has 5 heteroatoms. The fraction of sp³-hybridized carbons (Fsp3) is 0.222. The SMILES string of the molecule is COc1cc(I)cc(I)c1OC(C)=O. The van der Waals surface area contributed by atoms with Crippen molar-refractivity contribution in [3.63, 3.8) is 0 Å². The lowest BCUT2D eigenvalue weighted by Crippen LogP contribution is -2.04. The number of rotatable bonds is 2. The molecular formula is C9H8I2O3. The predicted octanol–water partition coefficient (Wildman–Crippen LogP) is 2.83. The van der Waals surface area contributed by atoms with Gasteiger partial charge in [-0.05, 0) is 57.3 Å². The Morgan fingerprint density at radius 1 is 1.36 bits per heavy atom. The third kappa shape index (κ3) is 2.97. The summed E-state index contributed by atoms with van der Waals surface area (Å²) in [5.41, 5.74) is 0. The van der Waals surface area contributed by atoms with Crippen molar-refractivity contribution in [3.05, 3.63) is 19.3 Å². The van der Waals surface area contributed by atoms with Gasteiger partial charge >= 0.3 is 5.97 Å². The summed E-state index contributed by atoms with van der Waals surface area (Å²) >= 11 is 4.29. The fourth-order valence-electron chi connectivity index (χ4n) is 0.931. The van der Waals surface area contributed by atoms with Crippen LogP contribution in [0.25, 0.3) is 0 Å². The van der Waals surface area contributed by atoms with Crippen molar-refractivity contribution >= 4 is 51.2 Å². The number of methoxy groups -OCH3 is 1. The maximum atomic E-state index is 10.8. The lowest BCUT2D eigenvalue weighted by atomic mass is 10.3. The molecule has 0 bridgehead atoms. The Morgan fingerprint density at radius 2 is 2.00 bits per heavy atom. The first-order valence-corrected chi connectivity index (χ1v) is 5.91. The van der Waals surface area contributed by atoms with E-state index in [0.717, 1.165) is 7.14 Å². The largest absolute Gasteiger partial charge is 0.493 e. The van der Waals surface area contributed by atoms with Crippen molar-refractivity contribution in [2.24, 2.45) is 0 Å². The molecule has 0 heterocycles. The molecular weight excluding hydrogens is 410 g/mol. The van der Waals surface area contributed by atoms with E-state index in [4.69, 9.17) is 9.47 Å². The van der Waals surface area contributed by atoms with Crippen LogP contribution in [0.15, 0.2) is 12.1 Å². The van der Waals surface area contributed by atoms with Gasteiger partial charge in [0.25, 0.3) is 0 Å². The van der Waals surface area contributed by atoms with Crippen LogP contribution in [0.4, 0.5) is 0 Å². The number of hydrogen-bond donors (Lipinski definition) is 0. The maximum absolute atomic E-state index is 10.8. The van der Waals surface area contributed by atoms with E-state index in [0.29, 0.717) is 11.5 Å². The van der Waals surface area contributed by atoms with E-state index in [1.165, 1.54) is 6.92 Å². The molecule has 0 aliphatic carbocycles. The third-order valence-electron chi connectivity index (χ3n) is 1.44. The molecule has 0 amide bonds. The minimum atomic E-state index is -0.345. The first-order valence-electron chi connectivity index (χ1n) is 3.76. The Labute approximate surface area is 109 Å². The van der Waals surface area contributed by atoms with Gasteiger partial charge in [-0.25, -0.2) is 0 Å². The van der Waals surface area contributed by atoms with Gasteiger partial charge in [0, 0.05) is 10.5 Å². The molecule has 0 saturated carbocycles. The molecule has 0 aliphatic rings. The van der Waals surface area contributed by atoms with Crippen LogP contribution in [0.1, 0.15) is 6.92 Å². The second kappa shape index (κ2) is 5.15. The van der Waals surface area contributed by atoms with Gasteiger partial charge in [-0.15, -0.1) is 0 Å². The minimum absolute atomic E-state index is 0.345. The maximum Gasteiger partial charge on any atom is 0.308 e. The van der Waals surface area contributed by atoms with E-state index in [1.807, 2.05) is 12.1 Å². The highest BCUT2D eigenvalue weighted by Crippen LogP contribution is 2.34. The number of hydrogen-bond acceptors (Lipinski definition) is 3. The summed E-state index contributed by atoms with van der Waals surface area (Å²) in [4.78, 5) is 10.8. The lowest BCUT2D eigenvalue weighted by Gasteiger charge is -2.10. The van der Waals surface area contributed by atoms with E-state index < -0.39 is 0 Å². The van der Waals surface area contributed by atoms with Gasteiger partial charge in [0.15, 0.2) is 11.5 Å². The lowest BCUT2D eigenvalue weighted by molar-refractivity contribution is -0.132. The van der Waals surface area contributed by atoms with Crippen molar-refractivity contribution in [1.29, 1.82) is 0 Å². The van der Waals surface area contributed by atoms with Crippen molar-refractivity contribution in [3.8, 4) is 11.5 Å². The van der Waals surface area contributed by atoms with Crippen LogP contribution in [-0.4, -0.2) is 13.1 Å². The highest BCUT2D eigenvalue weighted by molar-refractivity contribution is 14.1. The zero-order valence-electron chi connectivity index (χ0n) is 7.64. The Hall–Kier alpha value is -0.0500. The standard InChI is InChI=1S/C9H8I2O3/c1-5(12)14-9-7(11)3-6(10)4-8(9)13-2/h3-4H,1-2H3. The average molecular weight is 418 g/mol. The molecule has 0 radical (unpaired) electrons. The quantitative estimate of drug-likeness (QED) is 0.421. The summed E-state index contributed by atoms with van der Waals surface area (Å²) < 4.78 is 12.1. The Balaban J connectivity index is 3.18. The van der Waals surface area contributed by atoms with E-state index in [-0.39, 0.29) is 5.97 Å². The fourth-order valence-corrected chi connectivity index (χ4v) is 2.83. The first-order chi connectivity index (χ1) is 6.54.